The maximum absolute atomic E-state index is 13.0. The number of sulfonamides is 1. The lowest BCUT2D eigenvalue weighted by Gasteiger charge is -2.45. The van der Waals surface area contributed by atoms with E-state index in [0.29, 0.717) is 19.7 Å². The third kappa shape index (κ3) is 2.61. The van der Waals surface area contributed by atoms with E-state index in [1.807, 2.05) is 13.1 Å². The highest BCUT2D eigenvalue weighted by Crippen LogP contribution is 2.28. The average Bonchev–Trinajstić information content (AvgIpc) is 2.54. The molecule has 2 fully saturated rings. The van der Waals surface area contributed by atoms with Crippen LogP contribution in [0.2, 0.25) is 0 Å². The van der Waals surface area contributed by atoms with Crippen LogP contribution in [0.5, 0.6) is 0 Å². The van der Waals surface area contributed by atoms with Gasteiger partial charge in [-0.25, -0.2) is 13.4 Å². The van der Waals surface area contributed by atoms with E-state index in [1.165, 1.54) is 16.6 Å². The molecule has 2 saturated heterocycles. The largest absolute Gasteiger partial charge is 0.375 e. The number of nitriles is 1. The first-order valence-corrected chi connectivity index (χ1v) is 8.65. The molecule has 0 aromatic carbocycles. The fraction of sp³-hybridized carbons (Fsp3) is 0.571. The van der Waals surface area contributed by atoms with Gasteiger partial charge in [-0.2, -0.15) is 9.57 Å². The van der Waals surface area contributed by atoms with E-state index < -0.39 is 10.0 Å². The van der Waals surface area contributed by atoms with Crippen molar-refractivity contribution >= 4 is 10.0 Å². The zero-order valence-electron chi connectivity index (χ0n) is 12.3. The summed E-state index contributed by atoms with van der Waals surface area (Å²) in [5.74, 6) is 0. The van der Waals surface area contributed by atoms with E-state index in [0.717, 1.165) is 13.0 Å². The van der Waals surface area contributed by atoms with Crippen molar-refractivity contribution in [1.82, 2.24) is 14.2 Å². The molecule has 0 radical (unpaired) electrons. The van der Waals surface area contributed by atoms with E-state index >= 15 is 0 Å². The Bertz CT molecular complexity index is 700. The molecule has 22 heavy (non-hydrogen) atoms. The summed E-state index contributed by atoms with van der Waals surface area (Å²) in [4.78, 5) is 5.95. The number of ether oxygens (including phenoxy) is 1. The number of likely N-dealkylation sites (tertiary alicyclic amines) is 1. The van der Waals surface area contributed by atoms with E-state index in [9.17, 15) is 8.42 Å². The number of hydrogen-bond acceptors (Lipinski definition) is 6. The van der Waals surface area contributed by atoms with Crippen LogP contribution in [0.25, 0.3) is 0 Å². The van der Waals surface area contributed by atoms with E-state index in [-0.39, 0.29) is 22.7 Å². The fourth-order valence-electron chi connectivity index (χ4n) is 3.11. The van der Waals surface area contributed by atoms with Gasteiger partial charge in [0.15, 0.2) is 5.69 Å². The van der Waals surface area contributed by atoms with Crippen LogP contribution < -0.4 is 0 Å². The quantitative estimate of drug-likeness (QED) is 0.764. The van der Waals surface area contributed by atoms with Crippen LogP contribution in [0.15, 0.2) is 23.2 Å². The van der Waals surface area contributed by atoms with Crippen LogP contribution in [0.3, 0.4) is 0 Å². The van der Waals surface area contributed by atoms with Gasteiger partial charge in [0.05, 0.1) is 18.8 Å². The molecule has 2 atom stereocenters. The van der Waals surface area contributed by atoms with Crippen LogP contribution in [-0.2, 0) is 14.8 Å². The summed E-state index contributed by atoms with van der Waals surface area (Å²) in [6.07, 6.45) is 2.15. The molecule has 0 aliphatic carbocycles. The zero-order chi connectivity index (χ0) is 15.7. The minimum absolute atomic E-state index is 0.0219. The average molecular weight is 322 g/mol. The third-order valence-electron chi connectivity index (χ3n) is 4.20. The molecule has 3 rings (SSSR count). The van der Waals surface area contributed by atoms with Gasteiger partial charge >= 0.3 is 0 Å². The smallest absolute Gasteiger partial charge is 0.246 e. The molecule has 0 amide bonds. The highest BCUT2D eigenvalue weighted by Gasteiger charge is 2.42. The molecular formula is C14H18N4O3S. The number of piperidine rings is 1. The number of morpholine rings is 1. The summed E-state index contributed by atoms with van der Waals surface area (Å²) in [6, 6.07) is 4.63. The number of nitrogens with zero attached hydrogens (tertiary/aromatic N) is 4. The topological polar surface area (TPSA) is 86.5 Å². The number of aromatic nitrogens is 1. The van der Waals surface area contributed by atoms with Crippen LogP contribution in [0, 0.1) is 11.3 Å². The van der Waals surface area contributed by atoms with E-state index in [2.05, 4.69) is 9.88 Å². The van der Waals surface area contributed by atoms with Crippen LogP contribution in [-0.4, -0.2) is 68.0 Å². The maximum atomic E-state index is 13.0. The van der Waals surface area contributed by atoms with Gasteiger partial charge in [0.2, 0.25) is 10.0 Å². The molecule has 3 heterocycles. The molecule has 118 valence electrons. The molecular weight excluding hydrogens is 304 g/mol. The van der Waals surface area contributed by atoms with Crippen molar-refractivity contribution in [3.8, 4) is 6.07 Å². The Morgan fingerprint density at radius 1 is 1.45 bits per heavy atom. The minimum Gasteiger partial charge on any atom is -0.375 e. The number of fused-ring (bicyclic) bond motifs is 1. The second-order valence-electron chi connectivity index (χ2n) is 5.61. The Morgan fingerprint density at radius 2 is 2.27 bits per heavy atom. The lowest BCUT2D eigenvalue weighted by molar-refractivity contribution is -0.0719. The van der Waals surface area contributed by atoms with Gasteiger partial charge in [0.1, 0.15) is 11.0 Å². The lowest BCUT2D eigenvalue weighted by atomic mass is 10.0. The number of pyridine rings is 1. The Kier molecular flexibility index (Phi) is 4.14. The molecule has 0 spiro atoms. The number of likely N-dealkylation sites (N-methyl/N-ethyl adjacent to an activating group) is 1. The molecule has 1 aromatic heterocycles. The van der Waals surface area contributed by atoms with Crippen molar-refractivity contribution < 1.29 is 13.2 Å². The molecule has 0 N–H and O–H groups in total. The standard InChI is InChI=1S/C14H18N4O3S/c1-17-6-4-13-12(10-17)18(7-8-21-13)22(19,20)14-3-2-5-16-11(14)9-15/h2-3,5,12-13H,4,6-8,10H2,1H3/t12-,13+/m1/s1. The fourth-order valence-corrected chi connectivity index (χ4v) is 4.83. The van der Waals surface area contributed by atoms with Crippen molar-refractivity contribution in [2.24, 2.45) is 0 Å². The van der Waals surface area contributed by atoms with Gasteiger partial charge in [-0.3, -0.25) is 0 Å². The van der Waals surface area contributed by atoms with Gasteiger partial charge in [-0.1, -0.05) is 0 Å². The first-order valence-electron chi connectivity index (χ1n) is 7.21. The second-order valence-corrected chi connectivity index (χ2v) is 7.46. The first kappa shape index (κ1) is 15.4. The van der Waals surface area contributed by atoms with E-state index in [1.54, 1.807) is 6.07 Å². The van der Waals surface area contributed by atoms with Crippen molar-refractivity contribution in [3.05, 3.63) is 24.0 Å². The SMILES string of the molecule is CN1CC[C@@H]2OCCN(S(=O)(=O)c3cccnc3C#N)[C@@H]2C1. The van der Waals surface area contributed by atoms with Gasteiger partial charge in [0.25, 0.3) is 0 Å². The Morgan fingerprint density at radius 3 is 3.05 bits per heavy atom. The van der Waals surface area contributed by atoms with Gasteiger partial charge < -0.3 is 9.64 Å². The van der Waals surface area contributed by atoms with Crippen molar-refractivity contribution in [2.75, 3.05) is 33.3 Å². The highest BCUT2D eigenvalue weighted by molar-refractivity contribution is 7.89. The Hall–Kier alpha value is -1.53. The number of hydrogen-bond donors (Lipinski definition) is 0. The summed E-state index contributed by atoms with van der Waals surface area (Å²) in [5.41, 5.74) is -0.0605. The second kappa shape index (κ2) is 5.93. The van der Waals surface area contributed by atoms with Gasteiger partial charge in [-0.15, -0.1) is 0 Å². The van der Waals surface area contributed by atoms with Gasteiger partial charge in [-0.05, 0) is 25.6 Å². The zero-order valence-corrected chi connectivity index (χ0v) is 13.2. The highest BCUT2D eigenvalue weighted by atomic mass is 32.2. The summed E-state index contributed by atoms with van der Waals surface area (Å²) in [5, 5.41) is 9.13. The lowest BCUT2D eigenvalue weighted by Crippen LogP contribution is -2.60. The Labute approximate surface area is 130 Å². The summed E-state index contributed by atoms with van der Waals surface area (Å²) in [7, 11) is -1.78. The van der Waals surface area contributed by atoms with Gasteiger partial charge in [0, 0.05) is 25.8 Å². The molecule has 0 unspecified atom stereocenters. The predicted octanol–water partition coefficient (Wildman–Crippen LogP) is 0.0469. The summed E-state index contributed by atoms with van der Waals surface area (Å²) >= 11 is 0. The van der Waals surface area contributed by atoms with Crippen molar-refractivity contribution in [1.29, 1.82) is 5.26 Å². The predicted molar refractivity (Wildman–Crippen MR) is 78.5 cm³/mol. The molecule has 7 nitrogen and oxygen atoms in total. The maximum Gasteiger partial charge on any atom is 0.246 e. The van der Waals surface area contributed by atoms with Crippen LogP contribution in [0.1, 0.15) is 12.1 Å². The molecule has 2 aliphatic rings. The molecule has 0 bridgehead atoms. The molecule has 8 heteroatoms. The third-order valence-corrected chi connectivity index (χ3v) is 6.16. The molecule has 0 saturated carbocycles. The summed E-state index contributed by atoms with van der Waals surface area (Å²) < 4.78 is 33.2. The molecule has 1 aromatic rings. The van der Waals surface area contributed by atoms with Crippen molar-refractivity contribution in [3.63, 3.8) is 0 Å². The first-order chi connectivity index (χ1) is 10.5. The summed E-state index contributed by atoms with van der Waals surface area (Å²) in [6.45, 7) is 2.21. The molecule has 2 aliphatic heterocycles. The van der Waals surface area contributed by atoms with Crippen LogP contribution in [0.4, 0.5) is 0 Å². The normalized spacial score (nSPS) is 27.1. The monoisotopic (exact) mass is 322 g/mol. The number of rotatable bonds is 2. The minimum atomic E-state index is -3.76. The van der Waals surface area contributed by atoms with Crippen LogP contribution >= 0.6 is 0 Å². The van der Waals surface area contributed by atoms with Crippen molar-refractivity contribution in [2.45, 2.75) is 23.5 Å². The van der Waals surface area contributed by atoms with E-state index in [4.69, 9.17) is 10.00 Å². The Balaban J connectivity index is 1.99.